The van der Waals surface area contributed by atoms with Gasteiger partial charge in [0.1, 0.15) is 5.78 Å². The minimum Gasteiger partial charge on any atom is -0.300 e. The SMILES string of the molecule is CC(C)(C)P(C)(=O)OP(C)(C)=O.CC(C)=O. The lowest BCUT2D eigenvalue weighted by Gasteiger charge is -2.28. The van der Waals surface area contributed by atoms with Crippen LogP contribution in [0, 0.1) is 0 Å². The van der Waals surface area contributed by atoms with Crippen molar-refractivity contribution in [3.63, 3.8) is 0 Å². The molecule has 0 aliphatic heterocycles. The van der Waals surface area contributed by atoms with Crippen LogP contribution in [-0.4, -0.2) is 30.9 Å². The smallest absolute Gasteiger partial charge is 0.210 e. The van der Waals surface area contributed by atoms with Gasteiger partial charge in [-0.1, -0.05) is 20.8 Å². The fraction of sp³-hybridized carbons (Fsp3) is 0.900. The maximum Gasteiger partial charge on any atom is 0.210 e. The number of hydrogen-bond donors (Lipinski definition) is 0. The number of ketones is 1. The molecule has 98 valence electrons. The summed E-state index contributed by atoms with van der Waals surface area (Å²) in [5.74, 6) is 0.167. The molecule has 1 atom stereocenters. The molecule has 0 aliphatic rings. The quantitative estimate of drug-likeness (QED) is 0.715. The van der Waals surface area contributed by atoms with Crippen LogP contribution in [0.25, 0.3) is 0 Å². The molecule has 0 spiro atoms. The van der Waals surface area contributed by atoms with Crippen molar-refractivity contribution >= 4 is 20.5 Å². The Morgan fingerprint density at radius 2 is 1.25 bits per heavy atom. The zero-order valence-electron chi connectivity index (χ0n) is 11.5. The molecule has 0 fully saturated rings. The normalized spacial score (nSPS) is 15.8. The second-order valence-corrected chi connectivity index (χ2v) is 11.4. The first kappa shape index (κ1) is 18.5. The highest BCUT2D eigenvalue weighted by atomic mass is 31.2. The molecule has 6 heteroatoms. The lowest BCUT2D eigenvalue weighted by molar-refractivity contribution is -0.114. The van der Waals surface area contributed by atoms with Gasteiger partial charge < -0.3 is 4.79 Å². The average Bonchev–Trinajstić information content (AvgIpc) is 1.74. The van der Waals surface area contributed by atoms with Crippen LogP contribution in [0.5, 0.6) is 0 Å². The predicted molar refractivity (Wildman–Crippen MR) is 70.2 cm³/mol. The fourth-order valence-electron chi connectivity index (χ4n) is 0.498. The van der Waals surface area contributed by atoms with Gasteiger partial charge in [-0.2, -0.15) is 0 Å². The third-order valence-electron chi connectivity index (χ3n) is 1.57. The van der Waals surface area contributed by atoms with Crippen LogP contribution >= 0.6 is 14.7 Å². The van der Waals surface area contributed by atoms with Crippen molar-refractivity contribution in [1.29, 1.82) is 0 Å². The molecular formula is C10H24O4P2. The van der Waals surface area contributed by atoms with Gasteiger partial charge in [0.15, 0.2) is 0 Å². The van der Waals surface area contributed by atoms with Crippen LogP contribution in [0.1, 0.15) is 34.6 Å². The van der Waals surface area contributed by atoms with Crippen LogP contribution in [0.3, 0.4) is 0 Å². The zero-order chi connectivity index (χ0) is 13.8. The Morgan fingerprint density at radius 1 is 1.00 bits per heavy atom. The van der Waals surface area contributed by atoms with E-state index in [1.54, 1.807) is 0 Å². The van der Waals surface area contributed by atoms with E-state index < -0.39 is 19.9 Å². The first-order valence-corrected chi connectivity index (χ1v) is 9.59. The molecular weight excluding hydrogens is 246 g/mol. The van der Waals surface area contributed by atoms with Crippen LogP contribution in [0.2, 0.25) is 0 Å². The largest absolute Gasteiger partial charge is 0.300 e. The Morgan fingerprint density at radius 3 is 1.31 bits per heavy atom. The van der Waals surface area contributed by atoms with Crippen LogP contribution in [0.4, 0.5) is 0 Å². The lowest BCUT2D eigenvalue weighted by atomic mass is 10.3. The van der Waals surface area contributed by atoms with Crippen molar-refractivity contribution in [2.45, 2.75) is 39.8 Å². The molecule has 0 amide bonds. The first-order chi connectivity index (χ1) is 6.69. The Kier molecular flexibility index (Phi) is 7.08. The second-order valence-electron chi connectivity index (χ2n) is 5.26. The van der Waals surface area contributed by atoms with Crippen LogP contribution in [0.15, 0.2) is 0 Å². The van der Waals surface area contributed by atoms with Crippen molar-refractivity contribution < 1.29 is 18.2 Å². The number of hydrogen-bond acceptors (Lipinski definition) is 4. The summed E-state index contributed by atoms with van der Waals surface area (Å²) in [5, 5.41) is -0.436. The number of rotatable bonds is 2. The van der Waals surface area contributed by atoms with Crippen molar-refractivity contribution in [1.82, 2.24) is 0 Å². The van der Waals surface area contributed by atoms with E-state index in [0.717, 1.165) is 0 Å². The van der Waals surface area contributed by atoms with E-state index in [2.05, 4.69) is 0 Å². The maximum absolute atomic E-state index is 11.9. The Bertz CT molecular complexity index is 318. The minimum atomic E-state index is -2.76. The highest BCUT2D eigenvalue weighted by Crippen LogP contribution is 2.64. The van der Waals surface area contributed by atoms with E-state index in [4.69, 9.17) is 4.31 Å². The third-order valence-corrected chi connectivity index (χ3v) is 6.83. The standard InChI is InChI=1S/C7H18O3P2.C3H6O/c1-7(2,3)12(6,9)10-11(4,5)8;1-3(2)4/h1-6H3;1-2H3. The summed E-state index contributed by atoms with van der Waals surface area (Å²) in [7, 11) is -5.41. The van der Waals surface area contributed by atoms with Gasteiger partial charge in [0.25, 0.3) is 0 Å². The van der Waals surface area contributed by atoms with Crippen LogP contribution < -0.4 is 0 Å². The van der Waals surface area contributed by atoms with E-state index >= 15 is 0 Å². The van der Waals surface area contributed by atoms with Gasteiger partial charge in [-0.3, -0.25) is 13.4 Å². The van der Waals surface area contributed by atoms with Gasteiger partial charge in [0.2, 0.25) is 14.7 Å². The lowest BCUT2D eigenvalue weighted by Crippen LogP contribution is -2.15. The topological polar surface area (TPSA) is 60.4 Å². The molecule has 0 aliphatic carbocycles. The number of Topliss-reactive ketones (excluding diaryl/α,β-unsaturated/α-hetero) is 1. The molecule has 0 aromatic carbocycles. The summed E-state index contributed by atoms with van der Waals surface area (Å²) in [6.07, 6.45) is 0. The third kappa shape index (κ3) is 10.6. The average molecular weight is 270 g/mol. The Labute approximate surface area is 99.1 Å². The highest BCUT2D eigenvalue weighted by Gasteiger charge is 2.36. The molecule has 0 rings (SSSR count). The Hall–Kier alpha value is 0.0900. The summed E-state index contributed by atoms with van der Waals surface area (Å²) < 4.78 is 28.2. The van der Waals surface area contributed by atoms with E-state index in [1.807, 2.05) is 20.8 Å². The fourth-order valence-corrected chi connectivity index (χ4v) is 4.48. The molecule has 0 saturated heterocycles. The van der Waals surface area contributed by atoms with Gasteiger partial charge in [-0.15, -0.1) is 0 Å². The minimum absolute atomic E-state index is 0.167. The summed E-state index contributed by atoms with van der Waals surface area (Å²) in [5.41, 5.74) is 0. The second kappa shape index (κ2) is 6.14. The van der Waals surface area contributed by atoms with Crippen molar-refractivity contribution in [3.05, 3.63) is 0 Å². The molecule has 4 nitrogen and oxygen atoms in total. The van der Waals surface area contributed by atoms with Crippen molar-refractivity contribution in [2.24, 2.45) is 0 Å². The van der Waals surface area contributed by atoms with Gasteiger partial charge in [0.05, 0.1) is 0 Å². The van der Waals surface area contributed by atoms with Crippen LogP contribution in [-0.2, 0) is 18.2 Å². The number of carbonyl (C=O) groups excluding carboxylic acids is 1. The molecule has 0 N–H and O–H groups in total. The zero-order valence-corrected chi connectivity index (χ0v) is 13.3. The van der Waals surface area contributed by atoms with Gasteiger partial charge in [-0.05, 0) is 13.8 Å². The summed E-state index contributed by atoms with van der Waals surface area (Å²) >= 11 is 0. The summed E-state index contributed by atoms with van der Waals surface area (Å²) in [4.78, 5) is 9.44. The molecule has 16 heavy (non-hydrogen) atoms. The summed E-state index contributed by atoms with van der Waals surface area (Å²) in [6.45, 7) is 13.0. The maximum atomic E-state index is 11.9. The van der Waals surface area contributed by atoms with Gasteiger partial charge >= 0.3 is 0 Å². The van der Waals surface area contributed by atoms with Crippen molar-refractivity contribution in [3.8, 4) is 0 Å². The summed E-state index contributed by atoms with van der Waals surface area (Å²) in [6, 6.07) is 0. The van der Waals surface area contributed by atoms with E-state index in [9.17, 15) is 13.9 Å². The monoisotopic (exact) mass is 270 g/mol. The highest BCUT2D eigenvalue weighted by molar-refractivity contribution is 7.71. The van der Waals surface area contributed by atoms with E-state index in [-0.39, 0.29) is 5.78 Å². The Balaban J connectivity index is 0. The first-order valence-electron chi connectivity index (χ1n) is 5.00. The van der Waals surface area contributed by atoms with E-state index in [1.165, 1.54) is 33.8 Å². The van der Waals surface area contributed by atoms with Gasteiger partial charge in [-0.25, -0.2) is 0 Å². The molecule has 0 aromatic rings. The van der Waals surface area contributed by atoms with Crippen molar-refractivity contribution in [2.75, 3.05) is 20.0 Å². The molecule has 0 saturated carbocycles. The molecule has 1 unspecified atom stereocenters. The van der Waals surface area contributed by atoms with E-state index in [0.29, 0.717) is 0 Å². The molecule has 0 heterocycles. The molecule has 0 radical (unpaired) electrons. The molecule has 0 bridgehead atoms. The molecule has 0 aromatic heterocycles. The predicted octanol–water partition coefficient (Wildman–Crippen LogP) is 3.84. The number of carbonyl (C=O) groups is 1. The van der Waals surface area contributed by atoms with Gasteiger partial charge in [0, 0.05) is 25.2 Å².